The van der Waals surface area contributed by atoms with E-state index in [4.69, 9.17) is 18.9 Å². The van der Waals surface area contributed by atoms with Crippen molar-refractivity contribution in [2.45, 2.75) is 13.0 Å². The van der Waals surface area contributed by atoms with E-state index >= 15 is 0 Å². The summed E-state index contributed by atoms with van der Waals surface area (Å²) in [6.45, 7) is 5.05. The molecule has 1 aromatic carbocycles. The Bertz CT molecular complexity index is 538. The van der Waals surface area contributed by atoms with Gasteiger partial charge in [-0.05, 0) is 19.1 Å². The van der Waals surface area contributed by atoms with Crippen LogP contribution in [0, 0.1) is 0 Å². The Morgan fingerprint density at radius 2 is 1.83 bits per heavy atom. The summed E-state index contributed by atoms with van der Waals surface area (Å²) < 4.78 is 21.2. The van der Waals surface area contributed by atoms with Crippen molar-refractivity contribution < 1.29 is 24.1 Å². The fraction of sp³-hybridized carbons (Fsp3) is 0.588. The summed E-state index contributed by atoms with van der Waals surface area (Å²) in [5, 5.41) is 11.2. The minimum Gasteiger partial charge on any atom is -0.504 e. The summed E-state index contributed by atoms with van der Waals surface area (Å²) in [5.74, 6) is 1.54. The van der Waals surface area contributed by atoms with Crippen molar-refractivity contribution in [2.24, 2.45) is 4.99 Å². The van der Waals surface area contributed by atoms with Crippen LogP contribution in [-0.2, 0) is 14.2 Å². The van der Waals surface area contributed by atoms with Crippen molar-refractivity contribution >= 4 is 16.8 Å². The molecule has 0 saturated carbocycles. The molecular weight excluding hydrogens is 330 g/mol. The van der Waals surface area contributed by atoms with Gasteiger partial charge in [-0.1, -0.05) is 6.07 Å². The SMILES string of the molecule is COCCOCCOCCOc1cccc(C2=NC(C)CS2)c1O. The molecule has 0 radical (unpaired) electrons. The standard InChI is InChI=1S/C17H25NO5S/c1-13-12-24-17(18-13)14-4-3-5-15(16(14)19)23-11-10-22-9-8-21-7-6-20-2/h3-5,13,19H,6-12H2,1-2H3. The van der Waals surface area contributed by atoms with Crippen molar-refractivity contribution in [1.29, 1.82) is 0 Å². The average Bonchev–Trinajstić information content (AvgIpc) is 3.01. The Balaban J connectivity index is 1.71. The maximum atomic E-state index is 10.4. The molecule has 1 aliphatic heterocycles. The number of methoxy groups -OCH3 is 1. The first kappa shape index (κ1) is 19.1. The van der Waals surface area contributed by atoms with E-state index in [1.54, 1.807) is 24.9 Å². The first-order valence-corrected chi connectivity index (χ1v) is 9.01. The second-order valence-electron chi connectivity index (χ2n) is 5.31. The number of aliphatic imine (C=N–C) groups is 1. The number of phenols is 1. The molecule has 134 valence electrons. The molecule has 0 aromatic heterocycles. The quantitative estimate of drug-likeness (QED) is 0.615. The van der Waals surface area contributed by atoms with Crippen LogP contribution in [0.25, 0.3) is 0 Å². The molecule has 0 amide bonds. The largest absolute Gasteiger partial charge is 0.504 e. The number of thioether (sulfide) groups is 1. The van der Waals surface area contributed by atoms with Crippen LogP contribution in [0.2, 0.25) is 0 Å². The maximum absolute atomic E-state index is 10.4. The molecular formula is C17H25NO5S. The van der Waals surface area contributed by atoms with Gasteiger partial charge in [0.25, 0.3) is 0 Å². The van der Waals surface area contributed by atoms with Crippen LogP contribution < -0.4 is 4.74 Å². The van der Waals surface area contributed by atoms with Crippen LogP contribution >= 0.6 is 11.8 Å². The van der Waals surface area contributed by atoms with Crippen molar-refractivity contribution in [3.05, 3.63) is 23.8 Å². The molecule has 24 heavy (non-hydrogen) atoms. The smallest absolute Gasteiger partial charge is 0.167 e. The number of hydrogen-bond acceptors (Lipinski definition) is 7. The topological polar surface area (TPSA) is 69.5 Å². The molecule has 1 N–H and O–H groups in total. The van der Waals surface area contributed by atoms with E-state index < -0.39 is 0 Å². The molecule has 0 bridgehead atoms. The molecule has 1 heterocycles. The molecule has 7 heteroatoms. The number of para-hydroxylation sites is 1. The van der Waals surface area contributed by atoms with Gasteiger partial charge in [-0.3, -0.25) is 4.99 Å². The van der Waals surface area contributed by atoms with Crippen LogP contribution in [0.4, 0.5) is 0 Å². The average molecular weight is 355 g/mol. The van der Waals surface area contributed by atoms with Crippen molar-refractivity contribution in [3.63, 3.8) is 0 Å². The zero-order chi connectivity index (χ0) is 17.2. The highest BCUT2D eigenvalue weighted by atomic mass is 32.2. The molecule has 1 unspecified atom stereocenters. The number of benzene rings is 1. The molecule has 0 aliphatic carbocycles. The lowest BCUT2D eigenvalue weighted by molar-refractivity contribution is 0.0178. The zero-order valence-electron chi connectivity index (χ0n) is 14.2. The summed E-state index contributed by atoms with van der Waals surface area (Å²) in [7, 11) is 1.64. The molecule has 0 fully saturated rings. The fourth-order valence-electron chi connectivity index (χ4n) is 2.11. The summed E-state index contributed by atoms with van der Waals surface area (Å²) in [6.07, 6.45) is 0. The second kappa shape index (κ2) is 10.6. The number of phenolic OH excluding ortho intramolecular Hbond substituents is 1. The monoisotopic (exact) mass is 355 g/mol. The Hall–Kier alpha value is -1.28. The fourth-order valence-corrected chi connectivity index (χ4v) is 3.16. The van der Waals surface area contributed by atoms with Gasteiger partial charge < -0.3 is 24.1 Å². The van der Waals surface area contributed by atoms with Crippen LogP contribution in [0.5, 0.6) is 11.5 Å². The van der Waals surface area contributed by atoms with Crippen molar-refractivity contribution in [3.8, 4) is 11.5 Å². The number of aromatic hydroxyl groups is 1. The predicted octanol–water partition coefficient (Wildman–Crippen LogP) is 2.33. The van der Waals surface area contributed by atoms with Gasteiger partial charge in [-0.25, -0.2) is 0 Å². The summed E-state index contributed by atoms with van der Waals surface area (Å²) in [4.78, 5) is 4.53. The minimum atomic E-state index is 0.140. The Kier molecular flexibility index (Phi) is 8.38. The Morgan fingerprint density at radius 1 is 1.12 bits per heavy atom. The van der Waals surface area contributed by atoms with Gasteiger partial charge in [0.15, 0.2) is 11.5 Å². The van der Waals surface area contributed by atoms with E-state index in [0.717, 1.165) is 16.4 Å². The molecule has 0 spiro atoms. The van der Waals surface area contributed by atoms with E-state index in [0.29, 0.717) is 45.4 Å². The number of ether oxygens (including phenoxy) is 4. The third kappa shape index (κ3) is 5.98. The van der Waals surface area contributed by atoms with E-state index in [2.05, 4.69) is 11.9 Å². The number of rotatable bonds is 11. The van der Waals surface area contributed by atoms with Gasteiger partial charge in [0.2, 0.25) is 0 Å². The van der Waals surface area contributed by atoms with Gasteiger partial charge in [0, 0.05) is 12.9 Å². The van der Waals surface area contributed by atoms with Gasteiger partial charge >= 0.3 is 0 Å². The van der Waals surface area contributed by atoms with Crippen molar-refractivity contribution in [1.82, 2.24) is 0 Å². The lowest BCUT2D eigenvalue weighted by atomic mass is 10.2. The first-order valence-electron chi connectivity index (χ1n) is 8.02. The van der Waals surface area contributed by atoms with Crippen LogP contribution in [0.1, 0.15) is 12.5 Å². The third-order valence-corrected chi connectivity index (χ3v) is 4.57. The highest BCUT2D eigenvalue weighted by Gasteiger charge is 2.20. The zero-order valence-corrected chi connectivity index (χ0v) is 15.0. The van der Waals surface area contributed by atoms with Gasteiger partial charge in [-0.2, -0.15) is 0 Å². The second-order valence-corrected chi connectivity index (χ2v) is 6.32. The summed E-state index contributed by atoms with van der Waals surface area (Å²) in [6, 6.07) is 5.76. The maximum Gasteiger partial charge on any atom is 0.167 e. The molecule has 2 rings (SSSR count). The Labute approximate surface area is 147 Å². The molecule has 1 aromatic rings. The number of nitrogens with zero attached hydrogens (tertiary/aromatic N) is 1. The third-order valence-electron chi connectivity index (χ3n) is 3.32. The van der Waals surface area contributed by atoms with Crippen LogP contribution in [0.15, 0.2) is 23.2 Å². The van der Waals surface area contributed by atoms with E-state index in [-0.39, 0.29) is 11.8 Å². The normalized spacial score (nSPS) is 17.1. The predicted molar refractivity (Wildman–Crippen MR) is 95.6 cm³/mol. The van der Waals surface area contributed by atoms with E-state index in [1.807, 2.05) is 12.1 Å². The molecule has 1 atom stereocenters. The van der Waals surface area contributed by atoms with Crippen LogP contribution in [-0.4, -0.2) is 68.7 Å². The minimum absolute atomic E-state index is 0.140. The Morgan fingerprint density at radius 3 is 2.50 bits per heavy atom. The summed E-state index contributed by atoms with van der Waals surface area (Å²) in [5.41, 5.74) is 0.731. The van der Waals surface area contributed by atoms with Gasteiger partial charge in [0.1, 0.15) is 11.7 Å². The van der Waals surface area contributed by atoms with Gasteiger partial charge in [-0.15, -0.1) is 11.8 Å². The lowest BCUT2D eigenvalue weighted by Gasteiger charge is -2.11. The first-order chi connectivity index (χ1) is 11.7. The molecule has 6 nitrogen and oxygen atoms in total. The molecule has 1 aliphatic rings. The van der Waals surface area contributed by atoms with E-state index in [1.165, 1.54) is 0 Å². The van der Waals surface area contributed by atoms with E-state index in [9.17, 15) is 5.11 Å². The lowest BCUT2D eigenvalue weighted by Crippen LogP contribution is -2.12. The number of hydrogen-bond donors (Lipinski definition) is 1. The van der Waals surface area contributed by atoms with Crippen LogP contribution in [0.3, 0.4) is 0 Å². The van der Waals surface area contributed by atoms with Crippen molar-refractivity contribution in [2.75, 3.05) is 52.5 Å². The highest BCUT2D eigenvalue weighted by Crippen LogP contribution is 2.34. The highest BCUT2D eigenvalue weighted by molar-refractivity contribution is 8.14. The van der Waals surface area contributed by atoms with Gasteiger partial charge in [0.05, 0.1) is 44.6 Å². The molecule has 0 saturated heterocycles. The summed E-state index contributed by atoms with van der Waals surface area (Å²) >= 11 is 1.66.